The highest BCUT2D eigenvalue weighted by Gasteiger charge is 2.13. The van der Waals surface area contributed by atoms with Crippen LogP contribution in [-0.2, 0) is 11.2 Å². The average Bonchev–Trinajstić information content (AvgIpc) is 2.40. The second kappa shape index (κ2) is 6.54. The first-order valence-electron chi connectivity index (χ1n) is 6.80. The number of hydrogen-bond donors (Lipinski definition) is 3. The quantitative estimate of drug-likeness (QED) is 0.698. The van der Waals surface area contributed by atoms with E-state index >= 15 is 0 Å². The zero-order valence-corrected chi connectivity index (χ0v) is 11.4. The van der Waals surface area contributed by atoms with E-state index in [1.807, 2.05) is 18.2 Å². The van der Waals surface area contributed by atoms with Crippen LogP contribution in [-0.4, -0.2) is 43.5 Å². The smallest absolute Gasteiger partial charge is 0.238 e. The van der Waals surface area contributed by atoms with Crippen LogP contribution in [0.2, 0.25) is 0 Å². The Balaban J connectivity index is 1.89. The standard InChI is InChI=1S/C14H22N4O/c1-2-11-3-4-12(9-13(11)15)17-14(19)10-18-7-5-16-6-8-18/h3-4,9,16H,2,5-8,10,15H2,1H3,(H,17,19). The number of hydrogen-bond acceptors (Lipinski definition) is 4. The van der Waals surface area contributed by atoms with Crippen molar-refractivity contribution in [3.63, 3.8) is 0 Å². The van der Waals surface area contributed by atoms with Crippen molar-refractivity contribution in [3.8, 4) is 0 Å². The second-order valence-corrected chi connectivity index (χ2v) is 4.84. The van der Waals surface area contributed by atoms with Crippen molar-refractivity contribution in [2.75, 3.05) is 43.8 Å². The lowest BCUT2D eigenvalue weighted by atomic mass is 10.1. The number of rotatable bonds is 4. The number of amides is 1. The van der Waals surface area contributed by atoms with Gasteiger partial charge < -0.3 is 16.4 Å². The molecule has 0 spiro atoms. The molecule has 1 aromatic carbocycles. The fraction of sp³-hybridized carbons (Fsp3) is 0.500. The molecule has 0 unspecified atom stereocenters. The van der Waals surface area contributed by atoms with E-state index in [1.165, 1.54) is 0 Å². The van der Waals surface area contributed by atoms with Gasteiger partial charge in [0.05, 0.1) is 6.54 Å². The van der Waals surface area contributed by atoms with Crippen LogP contribution >= 0.6 is 0 Å². The summed E-state index contributed by atoms with van der Waals surface area (Å²) in [6, 6.07) is 5.70. The average molecular weight is 262 g/mol. The highest BCUT2D eigenvalue weighted by atomic mass is 16.2. The first-order valence-corrected chi connectivity index (χ1v) is 6.80. The lowest BCUT2D eigenvalue weighted by Crippen LogP contribution is -2.46. The molecule has 1 amide bonds. The number of aryl methyl sites for hydroxylation is 1. The van der Waals surface area contributed by atoms with Crippen LogP contribution in [0.25, 0.3) is 0 Å². The van der Waals surface area contributed by atoms with E-state index in [-0.39, 0.29) is 5.91 Å². The fourth-order valence-electron chi connectivity index (χ4n) is 2.27. The third-order valence-electron chi connectivity index (χ3n) is 3.39. The zero-order valence-electron chi connectivity index (χ0n) is 11.4. The van der Waals surface area contributed by atoms with Gasteiger partial charge in [-0.3, -0.25) is 9.69 Å². The number of carbonyl (C=O) groups is 1. The summed E-state index contributed by atoms with van der Waals surface area (Å²) >= 11 is 0. The summed E-state index contributed by atoms with van der Waals surface area (Å²) in [4.78, 5) is 14.1. The molecule has 2 rings (SSSR count). The molecule has 0 aromatic heterocycles. The van der Waals surface area contributed by atoms with Crippen molar-refractivity contribution in [3.05, 3.63) is 23.8 Å². The third kappa shape index (κ3) is 3.94. The van der Waals surface area contributed by atoms with Crippen molar-refractivity contribution >= 4 is 17.3 Å². The summed E-state index contributed by atoms with van der Waals surface area (Å²) < 4.78 is 0. The molecule has 1 heterocycles. The lowest BCUT2D eigenvalue weighted by Gasteiger charge is -2.26. The highest BCUT2D eigenvalue weighted by molar-refractivity contribution is 5.92. The van der Waals surface area contributed by atoms with Crippen molar-refractivity contribution in [1.29, 1.82) is 0 Å². The van der Waals surface area contributed by atoms with Gasteiger partial charge in [0.2, 0.25) is 5.91 Å². The predicted octanol–water partition coefficient (Wildman–Crippen LogP) is 0.675. The molecule has 104 valence electrons. The molecule has 0 bridgehead atoms. The van der Waals surface area contributed by atoms with E-state index in [0.29, 0.717) is 6.54 Å². The number of carbonyl (C=O) groups excluding carboxylic acids is 1. The summed E-state index contributed by atoms with van der Waals surface area (Å²) in [5, 5.41) is 6.17. The lowest BCUT2D eigenvalue weighted by molar-refractivity contribution is -0.117. The minimum atomic E-state index is 0.0190. The molecule has 19 heavy (non-hydrogen) atoms. The van der Waals surface area contributed by atoms with Gasteiger partial charge in [-0.1, -0.05) is 13.0 Å². The number of piperazine rings is 1. The number of nitrogens with two attached hydrogens (primary N) is 1. The molecule has 5 nitrogen and oxygen atoms in total. The molecule has 5 heteroatoms. The maximum Gasteiger partial charge on any atom is 0.238 e. The molecular formula is C14H22N4O. The Kier molecular flexibility index (Phi) is 4.76. The van der Waals surface area contributed by atoms with Gasteiger partial charge in [0.25, 0.3) is 0 Å². The van der Waals surface area contributed by atoms with Gasteiger partial charge in [-0.25, -0.2) is 0 Å². The van der Waals surface area contributed by atoms with Crippen LogP contribution in [0.3, 0.4) is 0 Å². The van der Waals surface area contributed by atoms with E-state index in [9.17, 15) is 4.79 Å². The van der Waals surface area contributed by atoms with Crippen LogP contribution in [0.15, 0.2) is 18.2 Å². The Bertz CT molecular complexity index is 441. The first kappa shape index (κ1) is 13.8. The Hall–Kier alpha value is -1.59. The predicted molar refractivity (Wildman–Crippen MR) is 78.2 cm³/mol. The maximum absolute atomic E-state index is 11.9. The van der Waals surface area contributed by atoms with E-state index in [4.69, 9.17) is 5.73 Å². The van der Waals surface area contributed by atoms with Crippen molar-refractivity contribution in [2.24, 2.45) is 0 Å². The summed E-state index contributed by atoms with van der Waals surface area (Å²) in [6.45, 7) is 6.25. The van der Waals surface area contributed by atoms with Crippen LogP contribution in [0.1, 0.15) is 12.5 Å². The molecule has 1 saturated heterocycles. The molecule has 1 aliphatic heterocycles. The number of nitrogen functional groups attached to an aromatic ring is 1. The van der Waals surface area contributed by atoms with Crippen LogP contribution in [0.5, 0.6) is 0 Å². The molecular weight excluding hydrogens is 240 g/mol. The van der Waals surface area contributed by atoms with Gasteiger partial charge in [0, 0.05) is 37.6 Å². The molecule has 4 N–H and O–H groups in total. The van der Waals surface area contributed by atoms with Crippen LogP contribution in [0, 0.1) is 0 Å². The normalized spacial score (nSPS) is 16.3. The number of benzene rings is 1. The summed E-state index contributed by atoms with van der Waals surface area (Å²) in [5.41, 5.74) is 8.54. The van der Waals surface area contributed by atoms with Gasteiger partial charge in [0.15, 0.2) is 0 Å². The summed E-state index contributed by atoms with van der Waals surface area (Å²) in [6.07, 6.45) is 0.904. The molecule has 1 aromatic rings. The SMILES string of the molecule is CCc1ccc(NC(=O)CN2CCNCC2)cc1N. The van der Waals surface area contributed by atoms with E-state index in [2.05, 4.69) is 22.5 Å². The topological polar surface area (TPSA) is 70.4 Å². The Morgan fingerprint density at radius 2 is 2.16 bits per heavy atom. The first-order chi connectivity index (χ1) is 9.19. The van der Waals surface area contributed by atoms with Crippen LogP contribution in [0.4, 0.5) is 11.4 Å². The van der Waals surface area contributed by atoms with Crippen molar-refractivity contribution < 1.29 is 4.79 Å². The third-order valence-corrected chi connectivity index (χ3v) is 3.39. The molecule has 0 atom stereocenters. The van der Waals surface area contributed by atoms with E-state index in [0.717, 1.165) is 49.5 Å². The Labute approximate surface area is 114 Å². The minimum absolute atomic E-state index is 0.0190. The van der Waals surface area contributed by atoms with Gasteiger partial charge >= 0.3 is 0 Å². The zero-order chi connectivity index (χ0) is 13.7. The van der Waals surface area contributed by atoms with Gasteiger partial charge in [-0.15, -0.1) is 0 Å². The Morgan fingerprint density at radius 1 is 1.42 bits per heavy atom. The molecule has 0 aliphatic carbocycles. The molecule has 1 fully saturated rings. The monoisotopic (exact) mass is 262 g/mol. The van der Waals surface area contributed by atoms with Gasteiger partial charge in [-0.05, 0) is 24.1 Å². The summed E-state index contributed by atoms with van der Waals surface area (Å²) in [7, 11) is 0. The maximum atomic E-state index is 11.9. The largest absolute Gasteiger partial charge is 0.398 e. The summed E-state index contributed by atoms with van der Waals surface area (Å²) in [5.74, 6) is 0.0190. The van der Waals surface area contributed by atoms with Crippen LogP contribution < -0.4 is 16.4 Å². The van der Waals surface area contributed by atoms with Crippen molar-refractivity contribution in [2.45, 2.75) is 13.3 Å². The van der Waals surface area contributed by atoms with E-state index in [1.54, 1.807) is 0 Å². The van der Waals surface area contributed by atoms with Gasteiger partial charge in [0.1, 0.15) is 0 Å². The highest BCUT2D eigenvalue weighted by Crippen LogP contribution is 2.18. The van der Waals surface area contributed by atoms with Crippen molar-refractivity contribution in [1.82, 2.24) is 10.2 Å². The molecule has 0 radical (unpaired) electrons. The number of nitrogens with zero attached hydrogens (tertiary/aromatic N) is 1. The van der Waals surface area contributed by atoms with E-state index < -0.39 is 0 Å². The second-order valence-electron chi connectivity index (χ2n) is 4.84. The molecule has 1 aliphatic rings. The Morgan fingerprint density at radius 3 is 2.79 bits per heavy atom. The number of anilines is 2. The fourth-order valence-corrected chi connectivity index (χ4v) is 2.27. The number of nitrogens with one attached hydrogen (secondary N) is 2. The minimum Gasteiger partial charge on any atom is -0.398 e. The molecule has 0 saturated carbocycles. The van der Waals surface area contributed by atoms with Gasteiger partial charge in [-0.2, -0.15) is 0 Å².